The first kappa shape index (κ1) is 20.4. The van der Waals surface area contributed by atoms with Gasteiger partial charge in [-0.1, -0.05) is 38.1 Å². The molecule has 1 aliphatic rings. The van der Waals surface area contributed by atoms with Crippen molar-refractivity contribution in [1.82, 2.24) is 4.90 Å². The van der Waals surface area contributed by atoms with E-state index >= 15 is 0 Å². The molecule has 0 saturated carbocycles. The second-order valence-corrected chi connectivity index (χ2v) is 7.68. The summed E-state index contributed by atoms with van der Waals surface area (Å²) in [4.78, 5) is 1.81. The average Bonchev–Trinajstić information content (AvgIpc) is 2.95. The minimum atomic E-state index is -1.25. The lowest BCUT2D eigenvalue weighted by molar-refractivity contribution is -0.0468. The highest BCUT2D eigenvalue weighted by atomic mass is 16.3. The summed E-state index contributed by atoms with van der Waals surface area (Å²) in [7, 11) is 3.73. The molecule has 1 unspecified atom stereocenters. The number of hydrogen-bond donors (Lipinski definition) is 2. The van der Waals surface area contributed by atoms with Crippen molar-refractivity contribution in [3.05, 3.63) is 63.7 Å². The summed E-state index contributed by atoms with van der Waals surface area (Å²) < 4.78 is 0. The Morgan fingerprint density at radius 3 is 1.89 bits per heavy atom. The molecule has 0 radical (unpaired) electrons. The molecule has 3 heteroatoms. The lowest BCUT2D eigenvalue weighted by Gasteiger charge is -2.33. The number of hydrogen-bond acceptors (Lipinski definition) is 3. The van der Waals surface area contributed by atoms with Gasteiger partial charge in [-0.15, -0.1) is 0 Å². The van der Waals surface area contributed by atoms with Crippen LogP contribution in [0, 0.1) is 27.7 Å². The second kappa shape index (κ2) is 6.91. The smallest absolute Gasteiger partial charge is 0.171 e. The molecule has 3 aromatic carbocycles. The van der Waals surface area contributed by atoms with Crippen LogP contribution in [0.25, 0.3) is 21.9 Å². The van der Waals surface area contributed by atoms with Gasteiger partial charge in [0.2, 0.25) is 0 Å². The molecule has 0 saturated heterocycles. The van der Waals surface area contributed by atoms with Gasteiger partial charge >= 0.3 is 0 Å². The van der Waals surface area contributed by atoms with E-state index in [1.165, 1.54) is 11.1 Å². The third kappa shape index (κ3) is 2.43. The highest BCUT2D eigenvalue weighted by Gasteiger charge is 2.45. The Hall–Kier alpha value is -2.36. The summed E-state index contributed by atoms with van der Waals surface area (Å²) in [5.74, 6) is 0.232. The van der Waals surface area contributed by atoms with Crippen molar-refractivity contribution >= 4 is 10.8 Å². The molecule has 1 atom stereocenters. The van der Waals surface area contributed by atoms with Gasteiger partial charge in [0.15, 0.2) is 5.72 Å². The van der Waals surface area contributed by atoms with Crippen LogP contribution in [0.3, 0.4) is 0 Å². The zero-order valence-electron chi connectivity index (χ0n) is 18.2. The summed E-state index contributed by atoms with van der Waals surface area (Å²) in [5.41, 5.74) is 7.13. The first-order chi connectivity index (χ1) is 13.2. The molecule has 148 valence electrons. The zero-order valence-corrected chi connectivity index (χ0v) is 18.2. The monoisotopic (exact) mass is 377 g/mol. The van der Waals surface area contributed by atoms with Crippen molar-refractivity contribution in [2.75, 3.05) is 14.1 Å². The van der Waals surface area contributed by atoms with Gasteiger partial charge in [-0.3, -0.25) is 4.90 Å². The molecule has 4 rings (SSSR count). The molecule has 0 aliphatic heterocycles. The molecule has 0 aromatic heterocycles. The molecule has 3 aromatic rings. The van der Waals surface area contributed by atoms with Gasteiger partial charge in [0.25, 0.3) is 0 Å². The molecule has 2 N–H and O–H groups in total. The van der Waals surface area contributed by atoms with Gasteiger partial charge in [-0.05, 0) is 86.6 Å². The number of aliphatic hydroxyl groups is 1. The van der Waals surface area contributed by atoms with Gasteiger partial charge in [-0.2, -0.15) is 0 Å². The Labute approximate surface area is 168 Å². The summed E-state index contributed by atoms with van der Waals surface area (Å²) in [6, 6.07) is 9.75. The number of phenolic OH excluding ortho intramolecular Hbond substituents is 1. The number of aromatic hydroxyl groups is 1. The SMILES string of the molecule is CC.Cc1c(C)c(C)c2c3c(cc(O)c2c1C)C(O)(N(C)C)c1ccccc1-3. The first-order valence-electron chi connectivity index (χ1n) is 9.97. The van der Waals surface area contributed by atoms with Crippen LogP contribution in [0.5, 0.6) is 5.75 Å². The number of fused-ring (bicyclic) bond motifs is 5. The van der Waals surface area contributed by atoms with E-state index in [1.54, 1.807) is 6.07 Å². The number of rotatable bonds is 1. The molecule has 0 fully saturated rings. The van der Waals surface area contributed by atoms with Crippen molar-refractivity contribution in [2.24, 2.45) is 0 Å². The number of benzene rings is 3. The first-order valence-corrected chi connectivity index (χ1v) is 9.97. The van der Waals surface area contributed by atoms with Crippen LogP contribution in [0.1, 0.15) is 47.2 Å². The van der Waals surface area contributed by atoms with Gasteiger partial charge in [0.05, 0.1) is 0 Å². The van der Waals surface area contributed by atoms with Crippen LogP contribution in [0.4, 0.5) is 0 Å². The fourth-order valence-electron chi connectivity index (χ4n) is 4.55. The molecular formula is C25H31NO2. The summed E-state index contributed by atoms with van der Waals surface area (Å²) >= 11 is 0. The molecule has 3 nitrogen and oxygen atoms in total. The Bertz CT molecular complexity index is 1080. The predicted molar refractivity (Wildman–Crippen MR) is 118 cm³/mol. The van der Waals surface area contributed by atoms with E-state index in [-0.39, 0.29) is 5.75 Å². The molecule has 0 bridgehead atoms. The van der Waals surface area contributed by atoms with Crippen LogP contribution < -0.4 is 0 Å². The number of phenols is 1. The van der Waals surface area contributed by atoms with E-state index in [0.29, 0.717) is 0 Å². The predicted octanol–water partition coefficient (Wildman–Crippen LogP) is 5.54. The maximum absolute atomic E-state index is 11.7. The zero-order chi connectivity index (χ0) is 21.0. The normalized spacial score (nSPS) is 17.4. The minimum absolute atomic E-state index is 0.232. The maximum Gasteiger partial charge on any atom is 0.171 e. The van der Waals surface area contributed by atoms with E-state index in [9.17, 15) is 10.2 Å². The largest absolute Gasteiger partial charge is 0.507 e. The third-order valence-corrected chi connectivity index (χ3v) is 6.34. The topological polar surface area (TPSA) is 43.7 Å². The highest BCUT2D eigenvalue weighted by molar-refractivity contribution is 6.08. The van der Waals surface area contributed by atoms with Crippen molar-refractivity contribution in [3.63, 3.8) is 0 Å². The Kier molecular flexibility index (Phi) is 5.03. The molecule has 0 heterocycles. The fourth-order valence-corrected chi connectivity index (χ4v) is 4.55. The van der Waals surface area contributed by atoms with Crippen LogP contribution in [0.15, 0.2) is 30.3 Å². The highest BCUT2D eigenvalue weighted by Crippen LogP contribution is 2.54. The van der Waals surface area contributed by atoms with Crippen LogP contribution in [-0.4, -0.2) is 29.2 Å². The van der Waals surface area contributed by atoms with E-state index < -0.39 is 5.72 Å². The average molecular weight is 378 g/mol. The maximum atomic E-state index is 11.7. The van der Waals surface area contributed by atoms with Crippen molar-refractivity contribution < 1.29 is 10.2 Å². The van der Waals surface area contributed by atoms with E-state index in [2.05, 4.69) is 33.8 Å². The van der Waals surface area contributed by atoms with Crippen LogP contribution >= 0.6 is 0 Å². The summed E-state index contributed by atoms with van der Waals surface area (Å²) in [6.45, 7) is 12.4. The fraction of sp³-hybridized carbons (Fsp3) is 0.360. The Morgan fingerprint density at radius 2 is 1.32 bits per heavy atom. The van der Waals surface area contributed by atoms with Gasteiger partial charge < -0.3 is 10.2 Å². The number of nitrogens with zero attached hydrogens (tertiary/aromatic N) is 1. The summed E-state index contributed by atoms with van der Waals surface area (Å²) in [6.07, 6.45) is 0. The molecule has 1 aliphatic carbocycles. The van der Waals surface area contributed by atoms with Crippen molar-refractivity contribution in [3.8, 4) is 16.9 Å². The Morgan fingerprint density at radius 1 is 0.786 bits per heavy atom. The van der Waals surface area contributed by atoms with Crippen molar-refractivity contribution in [2.45, 2.75) is 47.3 Å². The molecule has 0 spiro atoms. The van der Waals surface area contributed by atoms with Gasteiger partial charge in [0, 0.05) is 16.5 Å². The standard InChI is InChI=1S/C23H25NO2.C2H6/c1-12-13(2)15(4)21-20(14(12)3)19(25)11-18-22(21)16-9-7-8-10-17(16)23(18,26)24(5)6;1-2/h7-11,25-26H,1-6H3;1-2H3. The lowest BCUT2D eigenvalue weighted by atomic mass is 9.86. The third-order valence-electron chi connectivity index (χ3n) is 6.34. The lowest BCUT2D eigenvalue weighted by Crippen LogP contribution is -2.40. The van der Waals surface area contributed by atoms with Crippen LogP contribution in [-0.2, 0) is 5.72 Å². The van der Waals surface area contributed by atoms with Gasteiger partial charge in [0.1, 0.15) is 5.75 Å². The molecule has 28 heavy (non-hydrogen) atoms. The second-order valence-electron chi connectivity index (χ2n) is 7.68. The van der Waals surface area contributed by atoms with E-state index in [1.807, 2.05) is 51.0 Å². The van der Waals surface area contributed by atoms with E-state index in [0.717, 1.165) is 44.2 Å². The summed E-state index contributed by atoms with van der Waals surface area (Å²) in [5, 5.41) is 24.5. The molecule has 0 amide bonds. The van der Waals surface area contributed by atoms with E-state index in [4.69, 9.17) is 0 Å². The van der Waals surface area contributed by atoms with Gasteiger partial charge in [-0.25, -0.2) is 0 Å². The van der Waals surface area contributed by atoms with Crippen molar-refractivity contribution in [1.29, 1.82) is 0 Å². The quantitative estimate of drug-likeness (QED) is 0.547. The number of aryl methyl sites for hydroxylation is 2. The van der Waals surface area contributed by atoms with Crippen LogP contribution in [0.2, 0.25) is 0 Å². The Balaban J connectivity index is 0.00000109. The molecular weight excluding hydrogens is 346 g/mol. The minimum Gasteiger partial charge on any atom is -0.507 e.